The van der Waals surface area contributed by atoms with E-state index >= 15 is 0 Å². The maximum atomic E-state index is 11.5. The van der Waals surface area contributed by atoms with E-state index in [-0.39, 0.29) is 0 Å². The molecule has 0 atom stereocenters. The quantitative estimate of drug-likeness (QED) is 0.743. The largest absolute Gasteiger partial charge is 0.430 e. The molecule has 2 rings (SSSR count). The molecule has 0 N–H and O–H groups in total. The summed E-state index contributed by atoms with van der Waals surface area (Å²) < 4.78 is 4.48. The molecule has 16 heavy (non-hydrogen) atoms. The summed E-state index contributed by atoms with van der Waals surface area (Å²) in [4.78, 5) is 11.5. The Morgan fingerprint density at radius 2 is 2.00 bits per heavy atom. The predicted octanol–water partition coefficient (Wildman–Crippen LogP) is 4.07. The fraction of sp³-hybridized carbons (Fsp3) is 0.125. The molecule has 1 aromatic heterocycles. The van der Waals surface area contributed by atoms with Gasteiger partial charge < -0.3 is 4.42 Å². The highest BCUT2D eigenvalue weighted by atomic mass is 35.6. The molecule has 1 aromatic carbocycles. The second-order valence-electron chi connectivity index (χ2n) is 2.81. The molecule has 0 spiro atoms. The smallest absolute Gasteiger partial charge is 0.407 e. The zero-order valence-corrected chi connectivity index (χ0v) is 11.3. The Balaban J connectivity index is 2.61. The third-order valence-corrected chi connectivity index (χ3v) is 3.29. The van der Waals surface area contributed by atoms with Crippen LogP contribution in [0.2, 0.25) is 5.02 Å². The Hall–Kier alpha value is -0.000000000000000111. The average Bonchev–Trinajstić information content (AvgIpc) is 2.40. The van der Waals surface area contributed by atoms with Crippen molar-refractivity contribution in [2.75, 3.05) is 0 Å². The summed E-state index contributed by atoms with van der Waals surface area (Å²) in [6, 6.07) is 4.76. The van der Waals surface area contributed by atoms with E-state index in [1.165, 1.54) is 10.0 Å². The molecular weight excluding hydrogens is 316 g/mol. The highest BCUT2D eigenvalue weighted by molar-refractivity contribution is 8.03. The van der Waals surface area contributed by atoms with Crippen LogP contribution in [-0.4, -0.2) is 7.10 Å². The standard InChI is InChI=1S/C8H3Cl4NO2S/c9-4-1-2-5-6(3-4)15-7(14)13(5)16-8(10,11)12/h1-3H. The van der Waals surface area contributed by atoms with Crippen molar-refractivity contribution in [2.45, 2.75) is 3.12 Å². The molecule has 0 saturated carbocycles. The van der Waals surface area contributed by atoms with Crippen molar-refractivity contribution < 1.29 is 4.42 Å². The van der Waals surface area contributed by atoms with Crippen molar-refractivity contribution in [3.05, 3.63) is 33.8 Å². The van der Waals surface area contributed by atoms with E-state index in [4.69, 9.17) is 50.8 Å². The van der Waals surface area contributed by atoms with Gasteiger partial charge in [-0.3, -0.25) is 0 Å². The topological polar surface area (TPSA) is 35.1 Å². The Labute approximate surface area is 114 Å². The van der Waals surface area contributed by atoms with Crippen LogP contribution in [0.3, 0.4) is 0 Å². The lowest BCUT2D eigenvalue weighted by molar-refractivity contribution is 0.550. The Kier molecular flexibility index (Phi) is 3.39. The lowest BCUT2D eigenvalue weighted by Gasteiger charge is -2.08. The Morgan fingerprint density at radius 3 is 2.62 bits per heavy atom. The number of halogens is 4. The Morgan fingerprint density at radius 1 is 1.31 bits per heavy atom. The van der Waals surface area contributed by atoms with Crippen molar-refractivity contribution in [1.82, 2.24) is 3.97 Å². The molecule has 0 amide bonds. The van der Waals surface area contributed by atoms with Gasteiger partial charge in [-0.25, -0.2) is 8.77 Å². The van der Waals surface area contributed by atoms with Gasteiger partial charge >= 0.3 is 5.76 Å². The molecule has 0 bridgehead atoms. The third-order valence-electron chi connectivity index (χ3n) is 1.70. The fourth-order valence-electron chi connectivity index (χ4n) is 1.16. The second kappa shape index (κ2) is 4.35. The van der Waals surface area contributed by atoms with Crippen LogP contribution >= 0.6 is 58.4 Å². The first-order valence-electron chi connectivity index (χ1n) is 3.94. The monoisotopic (exact) mass is 317 g/mol. The maximum absolute atomic E-state index is 11.5. The first-order chi connectivity index (χ1) is 7.37. The number of oxazole rings is 1. The van der Waals surface area contributed by atoms with Crippen LogP contribution in [0.25, 0.3) is 11.1 Å². The van der Waals surface area contributed by atoms with Crippen molar-refractivity contribution in [1.29, 1.82) is 0 Å². The second-order valence-corrected chi connectivity index (χ2v) is 7.36. The maximum Gasteiger partial charge on any atom is 0.430 e. The Bertz CT molecular complexity index is 586. The number of nitrogens with zero attached hydrogens (tertiary/aromatic N) is 1. The van der Waals surface area contributed by atoms with Crippen molar-refractivity contribution in [3.8, 4) is 0 Å². The van der Waals surface area contributed by atoms with Gasteiger partial charge in [0.1, 0.15) is 5.52 Å². The first kappa shape index (κ1) is 12.5. The van der Waals surface area contributed by atoms with E-state index in [1.54, 1.807) is 12.1 Å². The number of alkyl halides is 3. The summed E-state index contributed by atoms with van der Waals surface area (Å²) in [7, 11) is 0. The number of hydrogen-bond donors (Lipinski definition) is 0. The minimum absolute atomic E-state index is 0.347. The van der Waals surface area contributed by atoms with Gasteiger partial charge in [-0.2, -0.15) is 0 Å². The lowest BCUT2D eigenvalue weighted by atomic mass is 10.3. The molecule has 1 heterocycles. The van der Waals surface area contributed by atoms with Crippen LogP contribution < -0.4 is 5.76 Å². The van der Waals surface area contributed by atoms with Crippen LogP contribution in [0.1, 0.15) is 0 Å². The highest BCUT2D eigenvalue weighted by Gasteiger charge is 2.25. The lowest BCUT2D eigenvalue weighted by Crippen LogP contribution is -2.12. The molecule has 0 fully saturated rings. The molecule has 0 unspecified atom stereocenters. The minimum Gasteiger partial charge on any atom is -0.407 e. The summed E-state index contributed by atoms with van der Waals surface area (Å²) >= 11 is 23.3. The van der Waals surface area contributed by atoms with Crippen molar-refractivity contribution in [2.24, 2.45) is 0 Å². The molecule has 0 aliphatic rings. The van der Waals surface area contributed by atoms with Crippen LogP contribution in [0.4, 0.5) is 0 Å². The summed E-state index contributed by atoms with van der Waals surface area (Å²) in [5, 5.41) is 0.465. The summed E-state index contributed by atoms with van der Waals surface area (Å²) in [5.74, 6) is -0.617. The first-order valence-corrected chi connectivity index (χ1v) is 6.23. The molecule has 8 heteroatoms. The number of aromatic nitrogens is 1. The summed E-state index contributed by atoms with van der Waals surface area (Å²) in [6.45, 7) is 0. The van der Waals surface area contributed by atoms with E-state index in [9.17, 15) is 4.79 Å². The van der Waals surface area contributed by atoms with Crippen LogP contribution in [0.5, 0.6) is 0 Å². The van der Waals surface area contributed by atoms with Gasteiger partial charge in [0.25, 0.3) is 3.12 Å². The van der Waals surface area contributed by atoms with Gasteiger partial charge in [-0.1, -0.05) is 46.4 Å². The van der Waals surface area contributed by atoms with E-state index in [0.29, 0.717) is 16.1 Å². The van der Waals surface area contributed by atoms with Gasteiger partial charge in [0.05, 0.1) is 0 Å². The zero-order chi connectivity index (χ0) is 11.9. The molecule has 0 saturated heterocycles. The highest BCUT2D eigenvalue weighted by Crippen LogP contribution is 2.40. The molecule has 0 radical (unpaired) electrons. The van der Waals surface area contributed by atoms with E-state index in [1.807, 2.05) is 0 Å². The molecule has 3 nitrogen and oxygen atoms in total. The summed E-state index contributed by atoms with van der Waals surface area (Å²) in [6.07, 6.45) is 0. The number of benzene rings is 1. The predicted molar refractivity (Wildman–Crippen MR) is 68.8 cm³/mol. The molecular formula is C8H3Cl4NO2S. The summed E-state index contributed by atoms with van der Waals surface area (Å²) in [5.41, 5.74) is 0.852. The van der Waals surface area contributed by atoms with Crippen molar-refractivity contribution in [3.63, 3.8) is 0 Å². The van der Waals surface area contributed by atoms with Gasteiger partial charge in [-0.05, 0) is 12.1 Å². The van der Waals surface area contributed by atoms with Crippen LogP contribution in [0.15, 0.2) is 27.4 Å². The number of rotatable bonds is 1. The number of fused-ring (bicyclic) bond motifs is 1. The molecule has 86 valence electrons. The molecule has 0 aliphatic carbocycles. The van der Waals surface area contributed by atoms with Crippen molar-refractivity contribution >= 4 is 69.5 Å². The van der Waals surface area contributed by atoms with Gasteiger partial charge in [0.15, 0.2) is 5.58 Å². The SMILES string of the molecule is O=c1oc2cc(Cl)ccc2n1SC(Cl)(Cl)Cl. The number of hydrogen-bond acceptors (Lipinski definition) is 3. The van der Waals surface area contributed by atoms with E-state index < -0.39 is 8.88 Å². The van der Waals surface area contributed by atoms with Crippen LogP contribution in [0, 0.1) is 0 Å². The molecule has 2 aromatic rings. The van der Waals surface area contributed by atoms with Gasteiger partial charge in [-0.15, -0.1) is 0 Å². The van der Waals surface area contributed by atoms with E-state index in [2.05, 4.69) is 0 Å². The zero-order valence-electron chi connectivity index (χ0n) is 7.42. The molecule has 0 aliphatic heterocycles. The average molecular weight is 319 g/mol. The van der Waals surface area contributed by atoms with Crippen LogP contribution in [-0.2, 0) is 0 Å². The normalized spacial score (nSPS) is 12.2. The fourth-order valence-corrected chi connectivity index (χ4v) is 2.51. The van der Waals surface area contributed by atoms with E-state index in [0.717, 1.165) is 11.9 Å². The minimum atomic E-state index is -1.64. The van der Waals surface area contributed by atoms with Gasteiger partial charge in [0.2, 0.25) is 0 Å². The third kappa shape index (κ3) is 2.63. The van der Waals surface area contributed by atoms with Gasteiger partial charge in [0, 0.05) is 23.0 Å².